The van der Waals surface area contributed by atoms with Crippen LogP contribution in [0, 0.1) is 10.1 Å². The molecule has 0 heterocycles. The highest BCUT2D eigenvalue weighted by Crippen LogP contribution is 2.11. The molecule has 0 atom stereocenters. The zero-order chi connectivity index (χ0) is 17.2. The van der Waals surface area contributed by atoms with Crippen LogP contribution in [0.2, 0.25) is 0 Å². The number of hydrogen-bond donors (Lipinski definition) is 3. The lowest BCUT2D eigenvalue weighted by Crippen LogP contribution is -2.34. The number of nitro benzene ring substituents is 1. The number of hydrogen-bond acceptors (Lipinski definition) is 8. The summed E-state index contributed by atoms with van der Waals surface area (Å²) in [6, 6.07) is 6.22. The number of esters is 1. The molecule has 1 aromatic rings. The third-order valence-electron chi connectivity index (χ3n) is 2.75. The smallest absolute Gasteiger partial charge is 0.327 e. The van der Waals surface area contributed by atoms with E-state index in [-0.39, 0.29) is 12.2 Å². The van der Waals surface area contributed by atoms with E-state index in [4.69, 9.17) is 16.3 Å². The van der Waals surface area contributed by atoms with Gasteiger partial charge in [-0.05, 0) is 12.5 Å². The molecular weight excluding hydrogens is 302 g/mol. The predicted octanol–water partition coefficient (Wildman–Crippen LogP) is 0.223. The summed E-state index contributed by atoms with van der Waals surface area (Å²) in [5.74, 6) is 5.19. The molecule has 0 unspecified atom stereocenters. The Kier molecular flexibility index (Phi) is 7.51. The van der Waals surface area contributed by atoms with Gasteiger partial charge in [-0.1, -0.05) is 12.1 Å². The first-order valence-electron chi connectivity index (χ1n) is 6.99. The Morgan fingerprint density at radius 3 is 2.65 bits per heavy atom. The first-order valence-corrected chi connectivity index (χ1v) is 6.99. The molecule has 23 heavy (non-hydrogen) atoms. The topological polar surface area (TPSA) is 137 Å². The van der Waals surface area contributed by atoms with Crippen molar-refractivity contribution in [3.63, 3.8) is 0 Å². The van der Waals surface area contributed by atoms with Crippen molar-refractivity contribution < 1.29 is 14.5 Å². The summed E-state index contributed by atoms with van der Waals surface area (Å²) in [6.07, 6.45) is 1.44. The number of rotatable bonds is 9. The Morgan fingerprint density at radius 1 is 1.43 bits per heavy atom. The van der Waals surface area contributed by atoms with E-state index in [0.29, 0.717) is 25.4 Å². The molecule has 0 saturated carbocycles. The van der Waals surface area contributed by atoms with E-state index in [1.54, 1.807) is 19.1 Å². The molecule has 0 radical (unpaired) electrons. The van der Waals surface area contributed by atoms with Gasteiger partial charge in [0.2, 0.25) is 0 Å². The number of nitrogens with one attached hydrogen (secondary N) is 1. The maximum Gasteiger partial charge on any atom is 0.327 e. The second-order valence-corrected chi connectivity index (χ2v) is 4.71. The van der Waals surface area contributed by atoms with Crippen LogP contribution in [-0.2, 0) is 16.1 Å². The monoisotopic (exact) mass is 323 g/mol. The van der Waals surface area contributed by atoms with Crippen molar-refractivity contribution in [2.24, 2.45) is 11.6 Å². The molecule has 0 aliphatic rings. The Hall–Kier alpha value is -2.65. The van der Waals surface area contributed by atoms with E-state index in [1.807, 2.05) is 0 Å². The standard InChI is InChI=1S/C14H21N5O4/c1-2-23-14(20)10-18(16)9-12(15)8-17-7-11-3-5-13(6-4-11)19(21)22/h3-6,9,17H,2,7-8,10,15-16H2,1H3/b12-9-. The van der Waals surface area contributed by atoms with E-state index >= 15 is 0 Å². The summed E-state index contributed by atoms with van der Waals surface area (Å²) in [4.78, 5) is 21.3. The molecule has 0 bridgehead atoms. The number of nitrogens with zero attached hydrogens (tertiary/aromatic N) is 2. The van der Waals surface area contributed by atoms with Gasteiger partial charge in [-0.15, -0.1) is 0 Å². The summed E-state index contributed by atoms with van der Waals surface area (Å²) in [5.41, 5.74) is 7.17. The summed E-state index contributed by atoms with van der Waals surface area (Å²) < 4.78 is 4.77. The summed E-state index contributed by atoms with van der Waals surface area (Å²) in [5, 5.41) is 14.8. The molecular formula is C14H21N5O4. The lowest BCUT2D eigenvalue weighted by atomic mass is 10.2. The molecule has 1 aromatic carbocycles. The molecule has 1 rings (SSSR count). The number of carbonyl (C=O) groups is 1. The van der Waals surface area contributed by atoms with Crippen LogP contribution in [0.5, 0.6) is 0 Å². The van der Waals surface area contributed by atoms with Gasteiger partial charge < -0.3 is 20.8 Å². The van der Waals surface area contributed by atoms with Crippen molar-refractivity contribution in [2.45, 2.75) is 13.5 Å². The maximum absolute atomic E-state index is 11.2. The summed E-state index contributed by atoms with van der Waals surface area (Å²) in [7, 11) is 0. The normalized spacial score (nSPS) is 11.1. The second kappa shape index (κ2) is 9.38. The number of nitrogens with two attached hydrogens (primary N) is 2. The first kappa shape index (κ1) is 18.4. The van der Waals surface area contributed by atoms with Gasteiger partial charge >= 0.3 is 5.97 Å². The lowest BCUT2D eigenvalue weighted by molar-refractivity contribution is -0.384. The van der Waals surface area contributed by atoms with Crippen LogP contribution in [0.15, 0.2) is 36.2 Å². The van der Waals surface area contributed by atoms with Crippen LogP contribution in [0.25, 0.3) is 0 Å². The fraction of sp³-hybridized carbons (Fsp3) is 0.357. The maximum atomic E-state index is 11.2. The van der Waals surface area contributed by atoms with Crippen molar-refractivity contribution in [1.29, 1.82) is 0 Å². The third kappa shape index (κ3) is 7.25. The number of hydrazine groups is 1. The fourth-order valence-electron chi connectivity index (χ4n) is 1.75. The van der Waals surface area contributed by atoms with Crippen molar-refractivity contribution in [3.8, 4) is 0 Å². The molecule has 0 aliphatic carbocycles. The molecule has 0 aliphatic heterocycles. The second-order valence-electron chi connectivity index (χ2n) is 4.71. The number of ether oxygens (including phenoxy) is 1. The SMILES string of the molecule is CCOC(=O)CN(N)/C=C(\N)CNCc1ccc([N+](=O)[O-])cc1. The minimum absolute atomic E-state index is 0.0471. The van der Waals surface area contributed by atoms with Crippen molar-refractivity contribution >= 4 is 11.7 Å². The van der Waals surface area contributed by atoms with Crippen molar-refractivity contribution in [3.05, 3.63) is 51.8 Å². The largest absolute Gasteiger partial charge is 0.465 e. The minimum atomic E-state index is -0.447. The Balaban J connectivity index is 2.37. The van der Waals surface area contributed by atoms with Gasteiger partial charge in [0.15, 0.2) is 0 Å². The molecule has 9 nitrogen and oxygen atoms in total. The molecule has 126 valence electrons. The van der Waals surface area contributed by atoms with E-state index in [9.17, 15) is 14.9 Å². The highest BCUT2D eigenvalue weighted by atomic mass is 16.6. The van der Waals surface area contributed by atoms with E-state index in [1.165, 1.54) is 18.3 Å². The van der Waals surface area contributed by atoms with Gasteiger partial charge in [0.25, 0.3) is 5.69 Å². The Morgan fingerprint density at radius 2 is 2.09 bits per heavy atom. The first-order chi connectivity index (χ1) is 10.9. The Labute approximate surface area is 134 Å². The van der Waals surface area contributed by atoms with Gasteiger partial charge in [-0.25, -0.2) is 5.84 Å². The van der Waals surface area contributed by atoms with E-state index < -0.39 is 10.9 Å². The van der Waals surface area contributed by atoms with Gasteiger partial charge in [0.1, 0.15) is 6.54 Å². The highest BCUT2D eigenvalue weighted by molar-refractivity contribution is 5.71. The van der Waals surface area contributed by atoms with Crippen LogP contribution < -0.4 is 16.9 Å². The minimum Gasteiger partial charge on any atom is -0.465 e. The molecule has 9 heteroatoms. The molecule has 0 spiro atoms. The lowest BCUT2D eigenvalue weighted by Gasteiger charge is -2.14. The number of benzene rings is 1. The van der Waals surface area contributed by atoms with Gasteiger partial charge in [0, 0.05) is 37.1 Å². The van der Waals surface area contributed by atoms with Crippen LogP contribution in [0.3, 0.4) is 0 Å². The molecule has 0 amide bonds. The molecule has 0 fully saturated rings. The Bertz CT molecular complexity index is 559. The van der Waals surface area contributed by atoms with E-state index in [0.717, 1.165) is 10.6 Å². The average molecular weight is 323 g/mol. The van der Waals surface area contributed by atoms with Crippen LogP contribution in [0.1, 0.15) is 12.5 Å². The third-order valence-corrected chi connectivity index (χ3v) is 2.75. The van der Waals surface area contributed by atoms with Gasteiger partial charge in [-0.3, -0.25) is 14.9 Å². The van der Waals surface area contributed by atoms with Crippen LogP contribution in [-0.4, -0.2) is 35.6 Å². The summed E-state index contributed by atoms with van der Waals surface area (Å²) >= 11 is 0. The molecule has 0 saturated heterocycles. The van der Waals surface area contributed by atoms with Gasteiger partial charge in [-0.2, -0.15) is 0 Å². The molecule has 0 aromatic heterocycles. The average Bonchev–Trinajstić information content (AvgIpc) is 2.47. The number of nitro groups is 1. The van der Waals surface area contributed by atoms with Crippen molar-refractivity contribution in [2.75, 3.05) is 19.7 Å². The highest BCUT2D eigenvalue weighted by Gasteiger charge is 2.06. The van der Waals surface area contributed by atoms with Gasteiger partial charge in [0.05, 0.1) is 11.5 Å². The van der Waals surface area contributed by atoms with Crippen LogP contribution >= 0.6 is 0 Å². The zero-order valence-electron chi connectivity index (χ0n) is 12.9. The van der Waals surface area contributed by atoms with E-state index in [2.05, 4.69) is 5.32 Å². The predicted molar refractivity (Wildman–Crippen MR) is 84.6 cm³/mol. The quantitative estimate of drug-likeness (QED) is 0.254. The number of carbonyl (C=O) groups excluding carboxylic acids is 1. The number of non-ortho nitro benzene ring substituents is 1. The summed E-state index contributed by atoms with van der Waals surface area (Å²) in [6.45, 7) is 2.77. The zero-order valence-corrected chi connectivity index (χ0v) is 12.9. The van der Waals surface area contributed by atoms with Crippen molar-refractivity contribution in [1.82, 2.24) is 10.3 Å². The van der Waals surface area contributed by atoms with Crippen LogP contribution in [0.4, 0.5) is 5.69 Å². The fourth-order valence-corrected chi connectivity index (χ4v) is 1.75. The molecule has 5 N–H and O–H groups in total.